The van der Waals surface area contributed by atoms with E-state index < -0.39 is 0 Å². The molecular weight excluding hydrogens is 316 g/mol. The standard InChI is InChI=1S/C20H32N2OS/c1-6-14-12(2)21-16-9-13-7-8-22(11-17(23)20(3,4)5)10-15(13)19(24)18(14)16/h13,15,17,21,23H,6-11H2,1-5H3/t13-,15+,17?/m0/s1. The summed E-state index contributed by atoms with van der Waals surface area (Å²) < 4.78 is 0. The summed E-state index contributed by atoms with van der Waals surface area (Å²) in [4.78, 5) is 7.20. The number of aromatic nitrogens is 1. The fraction of sp³-hybridized carbons (Fsp3) is 0.750. The van der Waals surface area contributed by atoms with Crippen LogP contribution in [0.15, 0.2) is 0 Å². The molecule has 2 N–H and O–H groups in total. The number of piperidine rings is 1. The van der Waals surface area contributed by atoms with Crippen LogP contribution in [0.4, 0.5) is 0 Å². The SMILES string of the molecule is CCc1c(C)[nH]c2c1C(=S)[C@@H]1CN(CC(O)C(C)(C)C)CC[C@H]1C2. The summed E-state index contributed by atoms with van der Waals surface area (Å²) in [5, 5.41) is 10.5. The van der Waals surface area contributed by atoms with Gasteiger partial charge in [-0.15, -0.1) is 0 Å². The van der Waals surface area contributed by atoms with Gasteiger partial charge in [-0.25, -0.2) is 0 Å². The second-order valence-electron chi connectivity index (χ2n) is 8.80. The number of nitrogens with zero attached hydrogens (tertiary/aromatic N) is 1. The minimum absolute atomic E-state index is 0.0653. The number of aliphatic hydroxyl groups is 1. The Balaban J connectivity index is 1.78. The van der Waals surface area contributed by atoms with Crippen molar-refractivity contribution in [2.45, 2.75) is 60.0 Å². The Kier molecular flexibility index (Phi) is 4.93. The maximum Gasteiger partial charge on any atom is 0.0715 e. The Morgan fingerprint density at radius 2 is 2.08 bits per heavy atom. The molecular formula is C20H32N2OS. The third kappa shape index (κ3) is 3.21. The molecule has 1 aromatic heterocycles. The minimum Gasteiger partial charge on any atom is -0.391 e. The van der Waals surface area contributed by atoms with E-state index >= 15 is 0 Å². The summed E-state index contributed by atoms with van der Waals surface area (Å²) in [6.07, 6.45) is 3.07. The van der Waals surface area contributed by atoms with E-state index in [0.29, 0.717) is 11.8 Å². The number of aromatic amines is 1. The first kappa shape index (κ1) is 18.1. The average molecular weight is 349 g/mol. The number of aliphatic hydroxyl groups excluding tert-OH is 1. The Morgan fingerprint density at radius 1 is 1.38 bits per heavy atom. The molecule has 0 bridgehead atoms. The third-order valence-corrected chi connectivity index (χ3v) is 6.58. The fourth-order valence-electron chi connectivity index (χ4n) is 4.37. The van der Waals surface area contributed by atoms with E-state index in [1.807, 2.05) is 0 Å². The molecule has 0 saturated carbocycles. The van der Waals surface area contributed by atoms with Crippen molar-refractivity contribution in [1.82, 2.24) is 9.88 Å². The number of nitrogens with one attached hydrogen (secondary N) is 1. The molecule has 3 rings (SSSR count). The van der Waals surface area contributed by atoms with Gasteiger partial charge in [0.2, 0.25) is 0 Å². The normalized spacial score (nSPS) is 26.2. The zero-order chi connectivity index (χ0) is 17.6. The Bertz CT molecular complexity index is 628. The highest BCUT2D eigenvalue weighted by molar-refractivity contribution is 7.80. The van der Waals surface area contributed by atoms with Gasteiger partial charge in [-0.3, -0.25) is 0 Å². The number of β-amino-alcohol motifs (C(OH)–C–C–N with tert-alkyl or cyclic N) is 1. The van der Waals surface area contributed by atoms with Crippen molar-refractivity contribution in [2.24, 2.45) is 17.3 Å². The molecule has 1 fully saturated rings. The van der Waals surface area contributed by atoms with Gasteiger partial charge in [0.15, 0.2) is 0 Å². The molecule has 2 heterocycles. The third-order valence-electron chi connectivity index (χ3n) is 6.07. The Morgan fingerprint density at radius 3 is 2.71 bits per heavy atom. The molecule has 1 aromatic rings. The molecule has 2 aliphatic rings. The van der Waals surface area contributed by atoms with Crippen LogP contribution in [0.25, 0.3) is 0 Å². The van der Waals surface area contributed by atoms with Crippen LogP contribution in [0.2, 0.25) is 0 Å². The lowest BCUT2D eigenvalue weighted by atomic mass is 9.73. The predicted octanol–water partition coefficient (Wildman–Crippen LogP) is 3.50. The number of thiocarbonyl (C=S) groups is 1. The molecule has 134 valence electrons. The fourth-order valence-corrected chi connectivity index (χ4v) is 4.88. The van der Waals surface area contributed by atoms with Gasteiger partial charge in [-0.1, -0.05) is 39.9 Å². The number of rotatable bonds is 3. The van der Waals surface area contributed by atoms with Gasteiger partial charge < -0.3 is 15.0 Å². The maximum absolute atomic E-state index is 10.5. The second kappa shape index (κ2) is 6.54. The maximum atomic E-state index is 10.5. The molecule has 24 heavy (non-hydrogen) atoms. The number of likely N-dealkylation sites (tertiary alicyclic amines) is 1. The highest BCUT2D eigenvalue weighted by Gasteiger charge is 2.39. The summed E-state index contributed by atoms with van der Waals surface area (Å²) >= 11 is 5.96. The number of H-pyrrole nitrogens is 1. The summed E-state index contributed by atoms with van der Waals surface area (Å²) in [7, 11) is 0. The van der Waals surface area contributed by atoms with E-state index in [1.54, 1.807) is 0 Å². The van der Waals surface area contributed by atoms with Crippen LogP contribution in [0.5, 0.6) is 0 Å². The van der Waals surface area contributed by atoms with Crippen LogP contribution in [-0.4, -0.2) is 45.6 Å². The molecule has 3 atom stereocenters. The lowest BCUT2D eigenvalue weighted by Crippen LogP contribution is -2.50. The summed E-state index contributed by atoms with van der Waals surface area (Å²) in [6, 6.07) is 0. The van der Waals surface area contributed by atoms with Gasteiger partial charge in [0.05, 0.1) is 6.10 Å². The largest absolute Gasteiger partial charge is 0.391 e. The second-order valence-corrected chi connectivity index (χ2v) is 9.24. The van der Waals surface area contributed by atoms with Crippen LogP contribution in [0.1, 0.15) is 56.6 Å². The quantitative estimate of drug-likeness (QED) is 0.821. The number of fused-ring (bicyclic) bond motifs is 2. The van der Waals surface area contributed by atoms with Crippen LogP contribution < -0.4 is 0 Å². The zero-order valence-corrected chi connectivity index (χ0v) is 16.6. The Hall–Kier alpha value is -0.710. The summed E-state index contributed by atoms with van der Waals surface area (Å²) in [6.45, 7) is 13.6. The molecule has 0 amide bonds. The molecule has 1 unspecified atom stereocenters. The average Bonchev–Trinajstić information content (AvgIpc) is 2.82. The number of aryl methyl sites for hydroxylation is 1. The van der Waals surface area contributed by atoms with E-state index in [9.17, 15) is 5.11 Å². The van der Waals surface area contributed by atoms with Crippen molar-refractivity contribution in [2.75, 3.05) is 19.6 Å². The van der Waals surface area contributed by atoms with Crippen molar-refractivity contribution >= 4 is 17.1 Å². The molecule has 1 aliphatic heterocycles. The van der Waals surface area contributed by atoms with Crippen LogP contribution >= 0.6 is 12.2 Å². The number of hydrogen-bond acceptors (Lipinski definition) is 3. The first-order valence-corrected chi connectivity index (χ1v) is 9.78. The van der Waals surface area contributed by atoms with Crippen molar-refractivity contribution in [1.29, 1.82) is 0 Å². The zero-order valence-electron chi connectivity index (χ0n) is 15.8. The lowest BCUT2D eigenvalue weighted by molar-refractivity contribution is 0.0138. The molecule has 0 spiro atoms. The first-order valence-electron chi connectivity index (χ1n) is 9.37. The monoisotopic (exact) mass is 348 g/mol. The van der Waals surface area contributed by atoms with Gasteiger partial charge in [0, 0.05) is 40.8 Å². The van der Waals surface area contributed by atoms with Gasteiger partial charge >= 0.3 is 0 Å². The van der Waals surface area contributed by atoms with E-state index in [-0.39, 0.29) is 11.5 Å². The molecule has 0 aromatic carbocycles. The predicted molar refractivity (Wildman–Crippen MR) is 104 cm³/mol. The Labute approximate surface area is 151 Å². The van der Waals surface area contributed by atoms with E-state index in [1.165, 1.54) is 28.9 Å². The lowest BCUT2D eigenvalue weighted by Gasteiger charge is -2.43. The summed E-state index contributed by atoms with van der Waals surface area (Å²) in [5.41, 5.74) is 5.37. The molecule has 0 radical (unpaired) electrons. The highest BCUT2D eigenvalue weighted by atomic mass is 32.1. The van der Waals surface area contributed by atoms with Crippen LogP contribution in [0, 0.1) is 24.2 Å². The molecule has 4 heteroatoms. The van der Waals surface area contributed by atoms with Crippen LogP contribution in [0.3, 0.4) is 0 Å². The number of hydrogen-bond donors (Lipinski definition) is 2. The van der Waals surface area contributed by atoms with Crippen molar-refractivity contribution < 1.29 is 5.11 Å². The van der Waals surface area contributed by atoms with Crippen molar-refractivity contribution in [3.8, 4) is 0 Å². The van der Waals surface area contributed by atoms with E-state index in [2.05, 4.69) is 44.5 Å². The molecule has 1 saturated heterocycles. The van der Waals surface area contributed by atoms with Gasteiger partial charge in [0.25, 0.3) is 0 Å². The van der Waals surface area contributed by atoms with Crippen molar-refractivity contribution in [3.05, 3.63) is 22.5 Å². The first-order chi connectivity index (χ1) is 11.2. The van der Waals surface area contributed by atoms with Crippen molar-refractivity contribution in [3.63, 3.8) is 0 Å². The molecule has 1 aliphatic carbocycles. The van der Waals surface area contributed by atoms with Gasteiger partial charge in [0.1, 0.15) is 0 Å². The summed E-state index contributed by atoms with van der Waals surface area (Å²) in [5.74, 6) is 1.13. The van der Waals surface area contributed by atoms with Crippen LogP contribution in [-0.2, 0) is 12.8 Å². The minimum atomic E-state index is -0.289. The highest BCUT2D eigenvalue weighted by Crippen LogP contribution is 2.39. The molecule has 3 nitrogen and oxygen atoms in total. The van der Waals surface area contributed by atoms with Gasteiger partial charge in [-0.2, -0.15) is 0 Å². The topological polar surface area (TPSA) is 39.3 Å². The van der Waals surface area contributed by atoms with E-state index in [4.69, 9.17) is 12.2 Å². The van der Waals surface area contributed by atoms with E-state index in [0.717, 1.165) is 37.3 Å². The smallest absolute Gasteiger partial charge is 0.0715 e. The van der Waals surface area contributed by atoms with Gasteiger partial charge in [-0.05, 0) is 49.6 Å².